The summed E-state index contributed by atoms with van der Waals surface area (Å²) in [4.78, 5) is 15.8. The zero-order chi connectivity index (χ0) is 10.3. The number of carbonyl (C=O) groups is 1. The fourth-order valence-corrected chi connectivity index (χ4v) is 2.42. The molecule has 2 aliphatic heterocycles. The number of amides is 1. The van der Waals surface area contributed by atoms with E-state index in [1.54, 1.807) is 0 Å². The highest BCUT2D eigenvalue weighted by molar-refractivity contribution is 6.02. The molecule has 0 atom stereocenters. The largest absolute Gasteiger partial charge is 0.352 e. The summed E-state index contributed by atoms with van der Waals surface area (Å²) < 4.78 is 2.14. The number of hydrogen-bond donors (Lipinski definition) is 1. The molecular weight excluding hydrogens is 190 g/mol. The van der Waals surface area contributed by atoms with Gasteiger partial charge in [0.25, 0.3) is 0 Å². The number of carbonyl (C=O) groups excluding carboxylic acids is 1. The average molecular weight is 203 g/mol. The van der Waals surface area contributed by atoms with Crippen LogP contribution >= 0.6 is 0 Å². The van der Waals surface area contributed by atoms with E-state index in [0.717, 1.165) is 43.6 Å². The van der Waals surface area contributed by atoms with Gasteiger partial charge in [0.2, 0.25) is 5.91 Å². The number of aryl methyl sites for hydroxylation is 1. The minimum absolute atomic E-state index is 0.111. The van der Waals surface area contributed by atoms with Crippen molar-refractivity contribution in [3.05, 3.63) is 23.8 Å². The van der Waals surface area contributed by atoms with Crippen LogP contribution in [0.1, 0.15) is 25.0 Å². The molecule has 0 aromatic carbocycles. The second kappa shape index (κ2) is 3.22. The van der Waals surface area contributed by atoms with Gasteiger partial charge in [-0.25, -0.2) is 4.98 Å². The quantitative estimate of drug-likeness (QED) is 0.638. The van der Waals surface area contributed by atoms with Crippen molar-refractivity contribution < 1.29 is 4.79 Å². The maximum Gasteiger partial charge on any atom is 0.247 e. The topological polar surface area (TPSA) is 46.9 Å². The predicted molar refractivity (Wildman–Crippen MR) is 56.0 cm³/mol. The molecule has 3 heterocycles. The molecule has 1 N–H and O–H groups in total. The van der Waals surface area contributed by atoms with Crippen molar-refractivity contribution in [3.8, 4) is 0 Å². The van der Waals surface area contributed by atoms with Crippen molar-refractivity contribution in [1.29, 1.82) is 0 Å². The van der Waals surface area contributed by atoms with Crippen molar-refractivity contribution in [1.82, 2.24) is 14.9 Å². The van der Waals surface area contributed by atoms with Crippen LogP contribution in [0.15, 0.2) is 18.1 Å². The maximum absolute atomic E-state index is 11.6. The zero-order valence-electron chi connectivity index (χ0n) is 8.49. The fraction of sp³-hybridized carbons (Fsp3) is 0.455. The highest BCUT2D eigenvalue weighted by Gasteiger charge is 2.24. The van der Waals surface area contributed by atoms with Crippen LogP contribution in [0.25, 0.3) is 5.57 Å². The fourth-order valence-electron chi connectivity index (χ4n) is 2.42. The summed E-state index contributed by atoms with van der Waals surface area (Å²) in [5, 5.41) is 2.86. The summed E-state index contributed by atoms with van der Waals surface area (Å²) >= 11 is 0. The number of allylic oxidation sites excluding steroid dienone is 1. The van der Waals surface area contributed by atoms with Gasteiger partial charge < -0.3 is 9.88 Å². The third kappa shape index (κ3) is 1.28. The Bertz CT molecular complexity index is 444. The van der Waals surface area contributed by atoms with Crippen LogP contribution in [0.3, 0.4) is 0 Å². The summed E-state index contributed by atoms with van der Waals surface area (Å²) in [5.41, 5.74) is 3.30. The number of hydrogen-bond acceptors (Lipinski definition) is 2. The van der Waals surface area contributed by atoms with Gasteiger partial charge in [-0.2, -0.15) is 0 Å². The maximum atomic E-state index is 11.6. The van der Waals surface area contributed by atoms with Gasteiger partial charge in [-0.3, -0.25) is 4.79 Å². The third-order valence-corrected chi connectivity index (χ3v) is 3.15. The molecule has 15 heavy (non-hydrogen) atoms. The van der Waals surface area contributed by atoms with Crippen LogP contribution < -0.4 is 5.32 Å². The molecule has 0 aliphatic carbocycles. The first-order valence-corrected chi connectivity index (χ1v) is 5.37. The van der Waals surface area contributed by atoms with E-state index in [1.807, 2.05) is 12.5 Å². The van der Waals surface area contributed by atoms with E-state index in [2.05, 4.69) is 14.9 Å². The predicted octanol–water partition coefficient (Wildman–Crippen LogP) is 0.950. The normalized spacial score (nSPS) is 25.2. The van der Waals surface area contributed by atoms with Crippen molar-refractivity contribution in [2.75, 3.05) is 6.54 Å². The summed E-state index contributed by atoms with van der Waals surface area (Å²) in [6.07, 6.45) is 6.69. The van der Waals surface area contributed by atoms with Crippen LogP contribution in [0.5, 0.6) is 0 Å². The van der Waals surface area contributed by atoms with Gasteiger partial charge in [0.1, 0.15) is 0 Å². The molecule has 1 fully saturated rings. The minimum atomic E-state index is 0.111. The lowest BCUT2D eigenvalue weighted by Gasteiger charge is -2.18. The minimum Gasteiger partial charge on any atom is -0.352 e. The molecule has 0 spiro atoms. The zero-order valence-corrected chi connectivity index (χ0v) is 8.49. The molecule has 0 saturated carbocycles. The van der Waals surface area contributed by atoms with Crippen LogP contribution in [0.4, 0.5) is 0 Å². The molecule has 1 aromatic rings. The first kappa shape index (κ1) is 8.71. The Hall–Kier alpha value is -1.58. The average Bonchev–Trinajstić information content (AvgIpc) is 2.85. The second-order valence-electron chi connectivity index (χ2n) is 4.04. The van der Waals surface area contributed by atoms with Crippen molar-refractivity contribution in [3.63, 3.8) is 0 Å². The van der Waals surface area contributed by atoms with E-state index in [9.17, 15) is 4.79 Å². The number of fused-ring (bicyclic) bond motifs is 1. The van der Waals surface area contributed by atoms with E-state index < -0.39 is 0 Å². The summed E-state index contributed by atoms with van der Waals surface area (Å²) in [7, 11) is 0. The van der Waals surface area contributed by atoms with E-state index in [4.69, 9.17) is 0 Å². The van der Waals surface area contributed by atoms with Crippen molar-refractivity contribution >= 4 is 11.5 Å². The smallest absolute Gasteiger partial charge is 0.247 e. The number of nitrogens with one attached hydrogen (secondary N) is 1. The van der Waals surface area contributed by atoms with Crippen LogP contribution in [-0.2, 0) is 11.3 Å². The van der Waals surface area contributed by atoms with Gasteiger partial charge >= 0.3 is 0 Å². The lowest BCUT2D eigenvalue weighted by atomic mass is 9.96. The molecule has 78 valence electrons. The van der Waals surface area contributed by atoms with Crippen LogP contribution in [0, 0.1) is 0 Å². The number of nitrogens with zero attached hydrogens (tertiary/aromatic N) is 2. The van der Waals surface area contributed by atoms with Gasteiger partial charge in [0.15, 0.2) is 0 Å². The summed E-state index contributed by atoms with van der Waals surface area (Å²) in [6, 6.07) is 0. The van der Waals surface area contributed by atoms with Gasteiger partial charge in [-0.15, -0.1) is 0 Å². The van der Waals surface area contributed by atoms with Crippen molar-refractivity contribution in [2.24, 2.45) is 0 Å². The van der Waals surface area contributed by atoms with Gasteiger partial charge in [0.05, 0.1) is 18.2 Å². The Kier molecular flexibility index (Phi) is 1.87. The summed E-state index contributed by atoms with van der Waals surface area (Å²) in [5.74, 6) is 0.111. The number of imidazole rings is 1. The molecule has 4 nitrogen and oxygen atoms in total. The Morgan fingerprint density at radius 3 is 3.07 bits per heavy atom. The molecule has 1 aromatic heterocycles. The van der Waals surface area contributed by atoms with E-state index in [1.165, 1.54) is 5.57 Å². The van der Waals surface area contributed by atoms with Gasteiger partial charge in [0, 0.05) is 18.7 Å². The SMILES string of the molecule is O=C1NCC/C1=C1/CCCn2cncc21. The van der Waals surface area contributed by atoms with Crippen molar-refractivity contribution in [2.45, 2.75) is 25.8 Å². The lowest BCUT2D eigenvalue weighted by Crippen LogP contribution is -2.16. The van der Waals surface area contributed by atoms with Crippen LogP contribution in [-0.4, -0.2) is 22.0 Å². The molecule has 3 rings (SSSR count). The molecule has 0 radical (unpaired) electrons. The Balaban J connectivity index is 2.12. The third-order valence-electron chi connectivity index (χ3n) is 3.15. The highest BCUT2D eigenvalue weighted by Crippen LogP contribution is 2.31. The monoisotopic (exact) mass is 203 g/mol. The standard InChI is InChI=1S/C11H13N3O/c15-11-9(3-4-13-11)8-2-1-5-14-7-12-6-10(8)14/h6-7H,1-5H2,(H,13,15)/b9-8+. The molecule has 4 heteroatoms. The molecule has 2 aliphatic rings. The lowest BCUT2D eigenvalue weighted by molar-refractivity contribution is -0.116. The van der Waals surface area contributed by atoms with E-state index >= 15 is 0 Å². The molecular formula is C11H13N3O. The molecule has 0 unspecified atom stereocenters. The first-order chi connectivity index (χ1) is 7.36. The first-order valence-electron chi connectivity index (χ1n) is 5.37. The van der Waals surface area contributed by atoms with Crippen LogP contribution in [0.2, 0.25) is 0 Å². The Labute approximate surface area is 88.0 Å². The van der Waals surface area contributed by atoms with Gasteiger partial charge in [-0.1, -0.05) is 0 Å². The number of aromatic nitrogens is 2. The Morgan fingerprint density at radius 1 is 1.33 bits per heavy atom. The summed E-state index contributed by atoms with van der Waals surface area (Å²) in [6.45, 7) is 1.81. The molecule has 0 bridgehead atoms. The Morgan fingerprint density at radius 2 is 2.27 bits per heavy atom. The van der Waals surface area contributed by atoms with Gasteiger partial charge in [-0.05, 0) is 24.8 Å². The molecule has 1 saturated heterocycles. The number of rotatable bonds is 0. The van der Waals surface area contributed by atoms with E-state index in [-0.39, 0.29) is 5.91 Å². The highest BCUT2D eigenvalue weighted by atomic mass is 16.2. The van der Waals surface area contributed by atoms with E-state index in [0.29, 0.717) is 0 Å². The second-order valence-corrected chi connectivity index (χ2v) is 4.04. The molecule has 1 amide bonds.